The van der Waals surface area contributed by atoms with Crippen LogP contribution in [0.2, 0.25) is 0 Å². The number of carbonyl (C=O) groups is 1. The van der Waals surface area contributed by atoms with Crippen LogP contribution in [-0.4, -0.2) is 38.6 Å². The van der Waals surface area contributed by atoms with Gasteiger partial charge in [-0.25, -0.2) is 9.97 Å². The molecule has 1 aliphatic rings. The van der Waals surface area contributed by atoms with Crippen LogP contribution in [0.5, 0.6) is 5.75 Å². The molecule has 0 aliphatic carbocycles. The van der Waals surface area contributed by atoms with E-state index in [4.69, 9.17) is 16.5 Å². The van der Waals surface area contributed by atoms with Crippen molar-refractivity contribution in [2.24, 2.45) is 11.7 Å². The monoisotopic (exact) mass is 394 g/mol. The first kappa shape index (κ1) is 19.2. The number of nitrogens with zero attached hydrogens (tertiary/aromatic N) is 3. The third kappa shape index (κ3) is 3.29. The van der Waals surface area contributed by atoms with Crippen LogP contribution >= 0.6 is 0 Å². The summed E-state index contributed by atoms with van der Waals surface area (Å²) in [6.07, 6.45) is 4.70. The molecular weight excluding hydrogens is 368 g/mol. The average molecular weight is 394 g/mol. The molecule has 2 aromatic heterocycles. The van der Waals surface area contributed by atoms with E-state index in [1.807, 2.05) is 6.92 Å². The molecular formula is C21H26N6O2. The number of nitrogens with two attached hydrogens (primary N) is 2. The number of nitrogen functional groups attached to an aromatic ring is 1. The topological polar surface area (TPSA) is 132 Å². The van der Waals surface area contributed by atoms with E-state index < -0.39 is 5.91 Å². The second-order valence-corrected chi connectivity index (χ2v) is 7.77. The molecule has 1 saturated heterocycles. The number of aromatic hydroxyl groups is 1. The highest BCUT2D eigenvalue weighted by Crippen LogP contribution is 2.35. The van der Waals surface area contributed by atoms with Gasteiger partial charge in [0.05, 0.1) is 17.6 Å². The van der Waals surface area contributed by atoms with Crippen molar-refractivity contribution >= 4 is 22.9 Å². The van der Waals surface area contributed by atoms with Gasteiger partial charge in [-0.15, -0.1) is 0 Å². The zero-order valence-electron chi connectivity index (χ0n) is 16.7. The number of nitrogens with one attached hydrogen (secondary N) is 1. The van der Waals surface area contributed by atoms with Crippen molar-refractivity contribution in [2.75, 3.05) is 18.8 Å². The van der Waals surface area contributed by atoms with E-state index >= 15 is 0 Å². The first-order chi connectivity index (χ1) is 13.9. The van der Waals surface area contributed by atoms with Crippen molar-refractivity contribution in [2.45, 2.75) is 33.1 Å². The van der Waals surface area contributed by atoms with E-state index in [1.54, 1.807) is 29.8 Å². The number of benzene rings is 1. The summed E-state index contributed by atoms with van der Waals surface area (Å²) in [4.78, 5) is 21.5. The Morgan fingerprint density at radius 1 is 1.38 bits per heavy atom. The minimum atomic E-state index is -0.645. The molecule has 0 bridgehead atoms. The summed E-state index contributed by atoms with van der Waals surface area (Å²) in [6.45, 7) is 5.80. The number of hydrogen-bond donors (Lipinski definition) is 4. The van der Waals surface area contributed by atoms with Gasteiger partial charge in [-0.05, 0) is 63.7 Å². The van der Waals surface area contributed by atoms with Crippen LogP contribution < -0.4 is 16.8 Å². The SMILES string of the molecule is Cc1ccc(O)c(C)c1-n1c(N)c(C(N)=O)c2nc(CCC3CCNC3)cnc21. The van der Waals surface area contributed by atoms with Crippen LogP contribution in [-0.2, 0) is 6.42 Å². The molecule has 4 rings (SSSR count). The first-order valence-corrected chi connectivity index (χ1v) is 9.84. The predicted octanol–water partition coefficient (Wildman–Crippen LogP) is 1.97. The van der Waals surface area contributed by atoms with Crippen molar-refractivity contribution in [3.63, 3.8) is 0 Å². The molecule has 1 unspecified atom stereocenters. The van der Waals surface area contributed by atoms with Crippen molar-refractivity contribution in [3.05, 3.63) is 40.7 Å². The zero-order valence-corrected chi connectivity index (χ0v) is 16.7. The molecule has 1 amide bonds. The summed E-state index contributed by atoms with van der Waals surface area (Å²) >= 11 is 0. The number of anilines is 1. The fraction of sp³-hybridized carbons (Fsp3) is 0.381. The Morgan fingerprint density at radius 2 is 2.17 bits per heavy atom. The third-order valence-electron chi connectivity index (χ3n) is 5.79. The third-order valence-corrected chi connectivity index (χ3v) is 5.79. The number of carbonyl (C=O) groups excluding carboxylic acids is 1. The van der Waals surface area contributed by atoms with Gasteiger partial charge >= 0.3 is 0 Å². The quantitative estimate of drug-likeness (QED) is 0.523. The number of fused-ring (bicyclic) bond motifs is 1. The van der Waals surface area contributed by atoms with Crippen molar-refractivity contribution in [1.29, 1.82) is 0 Å². The second kappa shape index (κ2) is 7.36. The normalized spacial score (nSPS) is 16.6. The fourth-order valence-corrected chi connectivity index (χ4v) is 4.17. The molecule has 6 N–H and O–H groups in total. The number of aromatic nitrogens is 3. The van der Waals surface area contributed by atoms with E-state index in [-0.39, 0.29) is 17.1 Å². The van der Waals surface area contributed by atoms with Crippen molar-refractivity contribution in [3.8, 4) is 11.4 Å². The summed E-state index contributed by atoms with van der Waals surface area (Å²) in [6, 6.07) is 3.43. The summed E-state index contributed by atoms with van der Waals surface area (Å²) in [5.74, 6) is 0.312. The fourth-order valence-electron chi connectivity index (χ4n) is 4.17. The highest BCUT2D eigenvalue weighted by molar-refractivity contribution is 6.09. The van der Waals surface area contributed by atoms with E-state index in [0.717, 1.165) is 37.2 Å². The smallest absolute Gasteiger partial charge is 0.254 e. The molecule has 3 heterocycles. The van der Waals surface area contributed by atoms with Gasteiger partial charge in [-0.3, -0.25) is 9.36 Å². The Balaban J connectivity index is 1.85. The number of aryl methyl sites for hydroxylation is 2. The van der Waals surface area contributed by atoms with Crippen LogP contribution in [0, 0.1) is 19.8 Å². The number of amides is 1. The summed E-state index contributed by atoms with van der Waals surface area (Å²) < 4.78 is 1.66. The van der Waals surface area contributed by atoms with E-state index in [0.29, 0.717) is 28.3 Å². The summed E-state index contributed by atoms with van der Waals surface area (Å²) in [7, 11) is 0. The Morgan fingerprint density at radius 3 is 2.86 bits per heavy atom. The van der Waals surface area contributed by atoms with E-state index in [1.165, 1.54) is 6.42 Å². The Labute approximate surface area is 168 Å². The number of primary amides is 1. The Hall–Kier alpha value is -3.13. The zero-order chi connectivity index (χ0) is 20.7. The maximum Gasteiger partial charge on any atom is 0.254 e. The first-order valence-electron chi connectivity index (χ1n) is 9.84. The average Bonchev–Trinajstić information content (AvgIpc) is 3.29. The molecule has 1 aromatic carbocycles. The van der Waals surface area contributed by atoms with E-state index in [9.17, 15) is 9.90 Å². The lowest BCUT2D eigenvalue weighted by atomic mass is 10.0. The molecule has 1 atom stereocenters. The highest BCUT2D eigenvalue weighted by atomic mass is 16.3. The van der Waals surface area contributed by atoms with Gasteiger partial charge in [-0.1, -0.05) is 6.07 Å². The molecule has 152 valence electrons. The molecule has 29 heavy (non-hydrogen) atoms. The molecule has 1 fully saturated rings. The highest BCUT2D eigenvalue weighted by Gasteiger charge is 2.25. The predicted molar refractivity (Wildman–Crippen MR) is 112 cm³/mol. The molecule has 8 heteroatoms. The molecule has 0 radical (unpaired) electrons. The summed E-state index contributed by atoms with van der Waals surface area (Å²) in [5, 5.41) is 13.6. The van der Waals surface area contributed by atoms with Gasteiger partial charge < -0.3 is 21.9 Å². The van der Waals surface area contributed by atoms with Crippen LogP contribution in [0.4, 0.5) is 5.82 Å². The van der Waals surface area contributed by atoms with Crippen LogP contribution in [0.15, 0.2) is 18.3 Å². The van der Waals surface area contributed by atoms with Gasteiger partial charge in [0.1, 0.15) is 22.6 Å². The maximum absolute atomic E-state index is 12.2. The molecule has 0 saturated carbocycles. The van der Waals surface area contributed by atoms with Gasteiger partial charge in [0.25, 0.3) is 5.91 Å². The van der Waals surface area contributed by atoms with Gasteiger partial charge in [0.15, 0.2) is 5.65 Å². The molecule has 8 nitrogen and oxygen atoms in total. The Kier molecular flexibility index (Phi) is 4.87. The van der Waals surface area contributed by atoms with Crippen LogP contribution in [0.3, 0.4) is 0 Å². The Bertz CT molecular complexity index is 1100. The number of phenolic OH excluding ortho intramolecular Hbond substituents is 1. The largest absolute Gasteiger partial charge is 0.508 e. The minimum Gasteiger partial charge on any atom is -0.508 e. The molecule has 0 spiro atoms. The number of hydrogen-bond acceptors (Lipinski definition) is 6. The summed E-state index contributed by atoms with van der Waals surface area (Å²) in [5.41, 5.74) is 16.0. The van der Waals surface area contributed by atoms with Crippen LogP contribution in [0.1, 0.15) is 40.0 Å². The second-order valence-electron chi connectivity index (χ2n) is 7.77. The number of rotatable bonds is 5. The lowest BCUT2D eigenvalue weighted by Gasteiger charge is -2.15. The van der Waals surface area contributed by atoms with Gasteiger partial charge in [-0.2, -0.15) is 0 Å². The lowest BCUT2D eigenvalue weighted by Crippen LogP contribution is -2.14. The standard InChI is InChI=1S/C21H26N6O2/c1-11-3-6-15(28)12(2)18(11)27-19(22)16(20(23)29)17-21(27)25-10-14(26-17)5-4-13-7-8-24-9-13/h3,6,10,13,24,28H,4-5,7-9,22H2,1-2H3,(H2,23,29). The van der Waals surface area contributed by atoms with E-state index in [2.05, 4.69) is 10.3 Å². The lowest BCUT2D eigenvalue weighted by molar-refractivity contribution is 0.100. The molecule has 1 aliphatic heterocycles. The number of phenols is 1. The molecule has 3 aromatic rings. The minimum absolute atomic E-state index is 0.141. The van der Waals surface area contributed by atoms with Crippen LogP contribution in [0.25, 0.3) is 16.9 Å². The van der Waals surface area contributed by atoms with Crippen molar-refractivity contribution in [1.82, 2.24) is 19.9 Å². The van der Waals surface area contributed by atoms with Gasteiger partial charge in [0.2, 0.25) is 0 Å². The maximum atomic E-state index is 12.2. The van der Waals surface area contributed by atoms with Gasteiger partial charge in [0, 0.05) is 5.56 Å². The van der Waals surface area contributed by atoms with Crippen molar-refractivity contribution < 1.29 is 9.90 Å².